The lowest BCUT2D eigenvalue weighted by Gasteiger charge is -2.09. The minimum Gasteiger partial charge on any atom is -0.398 e. The number of terminal acetylenes is 1. The first-order chi connectivity index (χ1) is 9.01. The van der Waals surface area contributed by atoms with Crippen LogP contribution >= 0.6 is 0 Å². The van der Waals surface area contributed by atoms with Crippen molar-refractivity contribution in [3.8, 4) is 12.3 Å². The summed E-state index contributed by atoms with van der Waals surface area (Å²) in [4.78, 5) is 0.208. The van der Waals surface area contributed by atoms with E-state index in [-0.39, 0.29) is 4.90 Å². The van der Waals surface area contributed by atoms with Crippen molar-refractivity contribution in [2.45, 2.75) is 37.5 Å². The Balaban J connectivity index is 2.67. The van der Waals surface area contributed by atoms with Crippen LogP contribution in [-0.4, -0.2) is 15.0 Å². The lowest BCUT2D eigenvalue weighted by atomic mass is 10.1. The molecule has 0 aromatic heterocycles. The van der Waals surface area contributed by atoms with E-state index in [1.54, 1.807) is 12.1 Å². The SMILES string of the molecule is C#CCCCCNS(=O)(=O)c1ccc(CC)c(N)c1. The number of sulfonamides is 1. The molecule has 19 heavy (non-hydrogen) atoms. The molecule has 0 spiro atoms. The molecule has 0 bridgehead atoms. The molecule has 0 saturated heterocycles. The van der Waals surface area contributed by atoms with Gasteiger partial charge >= 0.3 is 0 Å². The number of nitrogen functional groups attached to an aromatic ring is 1. The number of benzene rings is 1. The zero-order chi connectivity index (χ0) is 14.3. The predicted molar refractivity (Wildman–Crippen MR) is 78.1 cm³/mol. The standard InChI is InChI=1S/C14H20N2O2S/c1-3-5-6-7-10-16-19(17,18)13-9-8-12(4-2)14(15)11-13/h1,8-9,11,16H,4-7,10,15H2,2H3. The molecule has 0 unspecified atom stereocenters. The first-order valence-corrected chi connectivity index (χ1v) is 7.81. The van der Waals surface area contributed by atoms with Gasteiger partial charge in [0.15, 0.2) is 0 Å². The molecule has 1 aromatic rings. The Hall–Kier alpha value is -1.51. The molecule has 0 heterocycles. The molecule has 104 valence electrons. The van der Waals surface area contributed by atoms with Crippen LogP contribution in [0, 0.1) is 12.3 Å². The van der Waals surface area contributed by atoms with Gasteiger partial charge < -0.3 is 5.73 Å². The largest absolute Gasteiger partial charge is 0.398 e. The molecular weight excluding hydrogens is 260 g/mol. The van der Waals surface area contributed by atoms with Crippen molar-refractivity contribution in [3.63, 3.8) is 0 Å². The van der Waals surface area contributed by atoms with Crippen LogP contribution in [0.3, 0.4) is 0 Å². The summed E-state index contributed by atoms with van der Waals surface area (Å²) in [6.45, 7) is 2.36. The average Bonchev–Trinajstić information content (AvgIpc) is 2.38. The van der Waals surface area contributed by atoms with Gasteiger partial charge in [-0.15, -0.1) is 12.3 Å². The van der Waals surface area contributed by atoms with Crippen molar-refractivity contribution >= 4 is 15.7 Å². The molecule has 3 N–H and O–H groups in total. The lowest BCUT2D eigenvalue weighted by molar-refractivity contribution is 0.577. The van der Waals surface area contributed by atoms with Gasteiger partial charge in [-0.1, -0.05) is 13.0 Å². The second-order valence-corrected chi connectivity index (χ2v) is 6.04. The van der Waals surface area contributed by atoms with Crippen molar-refractivity contribution in [2.24, 2.45) is 0 Å². The first kappa shape index (κ1) is 15.5. The normalized spacial score (nSPS) is 11.2. The van der Waals surface area contributed by atoms with Crippen LogP contribution in [0.5, 0.6) is 0 Å². The zero-order valence-electron chi connectivity index (χ0n) is 11.1. The molecule has 5 heteroatoms. The van der Waals surface area contributed by atoms with Crippen LogP contribution in [-0.2, 0) is 16.4 Å². The highest BCUT2D eigenvalue weighted by Crippen LogP contribution is 2.18. The van der Waals surface area contributed by atoms with E-state index in [4.69, 9.17) is 12.2 Å². The van der Waals surface area contributed by atoms with Gasteiger partial charge in [-0.05, 0) is 37.0 Å². The summed E-state index contributed by atoms with van der Waals surface area (Å²) >= 11 is 0. The summed E-state index contributed by atoms with van der Waals surface area (Å²) in [5.74, 6) is 2.52. The summed E-state index contributed by atoms with van der Waals surface area (Å²) < 4.78 is 26.6. The summed E-state index contributed by atoms with van der Waals surface area (Å²) in [5, 5.41) is 0. The second kappa shape index (κ2) is 7.17. The maximum atomic E-state index is 12.0. The summed E-state index contributed by atoms with van der Waals surface area (Å²) in [5.41, 5.74) is 7.27. The average molecular weight is 280 g/mol. The van der Waals surface area contributed by atoms with E-state index in [0.717, 1.165) is 24.8 Å². The Morgan fingerprint density at radius 2 is 2.11 bits per heavy atom. The molecule has 0 aliphatic heterocycles. The van der Waals surface area contributed by atoms with Crippen molar-refractivity contribution < 1.29 is 8.42 Å². The molecule has 0 saturated carbocycles. The van der Waals surface area contributed by atoms with Crippen LogP contribution in [0.2, 0.25) is 0 Å². The van der Waals surface area contributed by atoms with Gasteiger partial charge in [0.25, 0.3) is 0 Å². The number of rotatable bonds is 7. The lowest BCUT2D eigenvalue weighted by Crippen LogP contribution is -2.25. The third-order valence-corrected chi connectivity index (χ3v) is 4.31. The summed E-state index contributed by atoms with van der Waals surface area (Å²) in [7, 11) is -3.48. The molecular formula is C14H20N2O2S. The van der Waals surface area contributed by atoms with Crippen LogP contribution in [0.1, 0.15) is 31.7 Å². The number of aryl methyl sites for hydroxylation is 1. The minimum absolute atomic E-state index is 0.208. The zero-order valence-corrected chi connectivity index (χ0v) is 12.0. The van der Waals surface area contributed by atoms with E-state index in [0.29, 0.717) is 18.7 Å². The smallest absolute Gasteiger partial charge is 0.240 e. The third-order valence-electron chi connectivity index (χ3n) is 2.85. The Labute approximate surface area is 115 Å². The van der Waals surface area contributed by atoms with Gasteiger partial charge in [-0.3, -0.25) is 0 Å². The van der Waals surface area contributed by atoms with E-state index < -0.39 is 10.0 Å². The highest BCUT2D eigenvalue weighted by molar-refractivity contribution is 7.89. The van der Waals surface area contributed by atoms with E-state index in [9.17, 15) is 8.42 Å². The number of anilines is 1. The molecule has 4 nitrogen and oxygen atoms in total. The van der Waals surface area contributed by atoms with Crippen LogP contribution < -0.4 is 10.5 Å². The fourth-order valence-corrected chi connectivity index (χ4v) is 2.81. The fraction of sp³-hybridized carbons (Fsp3) is 0.429. The predicted octanol–water partition coefficient (Wildman–Crippen LogP) is 1.91. The maximum Gasteiger partial charge on any atom is 0.240 e. The van der Waals surface area contributed by atoms with Crippen molar-refractivity contribution in [3.05, 3.63) is 23.8 Å². The quantitative estimate of drug-likeness (QED) is 0.455. The molecule has 0 aliphatic carbocycles. The summed E-state index contributed by atoms with van der Waals surface area (Å²) in [6, 6.07) is 4.84. The third kappa shape index (κ3) is 4.58. The number of nitrogens with two attached hydrogens (primary N) is 1. The van der Waals surface area contributed by atoms with E-state index >= 15 is 0 Å². The van der Waals surface area contributed by atoms with Gasteiger partial charge in [0, 0.05) is 18.7 Å². The van der Waals surface area contributed by atoms with Crippen LogP contribution in [0.15, 0.2) is 23.1 Å². The molecule has 1 aromatic carbocycles. The summed E-state index contributed by atoms with van der Waals surface area (Å²) in [6.07, 6.45) is 8.12. The fourth-order valence-electron chi connectivity index (χ4n) is 1.70. The van der Waals surface area contributed by atoms with E-state index in [1.165, 1.54) is 6.07 Å². The number of nitrogens with one attached hydrogen (secondary N) is 1. The second-order valence-electron chi connectivity index (χ2n) is 4.27. The molecule has 0 aliphatic rings. The Morgan fingerprint density at radius 1 is 1.37 bits per heavy atom. The van der Waals surface area contributed by atoms with Crippen molar-refractivity contribution in [2.75, 3.05) is 12.3 Å². The molecule has 0 atom stereocenters. The Kier molecular flexibility index (Phi) is 5.87. The number of hydrogen-bond acceptors (Lipinski definition) is 3. The monoisotopic (exact) mass is 280 g/mol. The van der Waals surface area contributed by atoms with Gasteiger partial charge in [0.1, 0.15) is 0 Å². The molecule has 0 amide bonds. The Bertz CT molecular complexity index is 559. The molecule has 0 radical (unpaired) electrons. The first-order valence-electron chi connectivity index (χ1n) is 6.32. The minimum atomic E-state index is -3.48. The van der Waals surface area contributed by atoms with Gasteiger partial charge in [-0.25, -0.2) is 13.1 Å². The van der Waals surface area contributed by atoms with Crippen LogP contribution in [0.25, 0.3) is 0 Å². The Morgan fingerprint density at radius 3 is 2.68 bits per heavy atom. The highest BCUT2D eigenvalue weighted by Gasteiger charge is 2.14. The molecule has 1 rings (SSSR count). The van der Waals surface area contributed by atoms with Crippen molar-refractivity contribution in [1.29, 1.82) is 0 Å². The van der Waals surface area contributed by atoms with Crippen molar-refractivity contribution in [1.82, 2.24) is 4.72 Å². The van der Waals surface area contributed by atoms with E-state index in [2.05, 4.69) is 10.6 Å². The van der Waals surface area contributed by atoms with Gasteiger partial charge in [0.05, 0.1) is 4.90 Å². The molecule has 0 fully saturated rings. The highest BCUT2D eigenvalue weighted by atomic mass is 32.2. The number of hydrogen-bond donors (Lipinski definition) is 2. The van der Waals surface area contributed by atoms with Gasteiger partial charge in [-0.2, -0.15) is 0 Å². The number of unbranched alkanes of at least 4 members (excludes halogenated alkanes) is 2. The van der Waals surface area contributed by atoms with Crippen LogP contribution in [0.4, 0.5) is 5.69 Å². The van der Waals surface area contributed by atoms with Gasteiger partial charge in [0.2, 0.25) is 10.0 Å². The topological polar surface area (TPSA) is 72.2 Å². The van der Waals surface area contributed by atoms with E-state index in [1.807, 2.05) is 6.92 Å². The maximum absolute atomic E-state index is 12.0.